The Morgan fingerprint density at radius 3 is 2.33 bits per heavy atom. The van der Waals surface area contributed by atoms with Crippen LogP contribution in [0.15, 0.2) is 11.6 Å². The van der Waals surface area contributed by atoms with Crippen LogP contribution in [-0.2, 0) is 28.6 Å². The summed E-state index contributed by atoms with van der Waals surface area (Å²) in [6.45, 7) is 17.7. The molecule has 4 aliphatic carbocycles. The lowest BCUT2D eigenvalue weighted by molar-refractivity contribution is -0.262. The van der Waals surface area contributed by atoms with Gasteiger partial charge in [-0.05, 0) is 78.4 Å². The van der Waals surface area contributed by atoms with E-state index in [-0.39, 0.29) is 40.5 Å². The summed E-state index contributed by atoms with van der Waals surface area (Å²) in [7, 11) is 0. The van der Waals surface area contributed by atoms with Crippen molar-refractivity contribution in [3.05, 3.63) is 11.6 Å². The number of fused-ring (bicyclic) bond motifs is 3. The minimum Gasteiger partial charge on any atom is -0.481 e. The fourth-order valence-corrected chi connectivity index (χ4v) is 11.3. The lowest BCUT2D eigenvalue weighted by Crippen LogP contribution is -2.70. The first-order valence-electron chi connectivity index (χ1n) is 16.1. The third-order valence-corrected chi connectivity index (χ3v) is 13.8. The number of aliphatic carboxylic acids is 1. The highest BCUT2D eigenvalue weighted by molar-refractivity contribution is 5.73. The van der Waals surface area contributed by atoms with Gasteiger partial charge in [0.2, 0.25) is 0 Å². The zero-order chi connectivity index (χ0) is 31.0. The van der Waals surface area contributed by atoms with Crippen molar-refractivity contribution in [3.8, 4) is 0 Å². The van der Waals surface area contributed by atoms with E-state index in [1.165, 1.54) is 12.5 Å². The third kappa shape index (κ3) is 4.17. The molecule has 0 radical (unpaired) electrons. The highest BCUT2D eigenvalue weighted by atomic mass is 16.6. The molecular weight excluding hydrogens is 534 g/mol. The van der Waals surface area contributed by atoms with E-state index in [4.69, 9.17) is 19.9 Å². The molecule has 1 aliphatic heterocycles. The molecule has 3 saturated carbocycles. The van der Waals surface area contributed by atoms with Crippen LogP contribution >= 0.6 is 0 Å². The van der Waals surface area contributed by atoms with Gasteiger partial charge in [0.15, 0.2) is 0 Å². The van der Waals surface area contributed by atoms with E-state index in [1.54, 1.807) is 0 Å². The van der Waals surface area contributed by atoms with Crippen molar-refractivity contribution in [1.82, 2.24) is 0 Å². The van der Waals surface area contributed by atoms with E-state index in [9.17, 15) is 19.5 Å². The molecule has 236 valence electrons. The van der Waals surface area contributed by atoms with E-state index in [2.05, 4.69) is 54.5 Å². The summed E-state index contributed by atoms with van der Waals surface area (Å²) in [5.41, 5.74) is 5.17. The second-order valence-electron chi connectivity index (χ2n) is 15.8. The molecule has 11 atom stereocenters. The maximum Gasteiger partial charge on any atom is 0.320 e. The van der Waals surface area contributed by atoms with Gasteiger partial charge in [-0.25, -0.2) is 0 Å². The summed E-state index contributed by atoms with van der Waals surface area (Å²) < 4.78 is 18.3. The summed E-state index contributed by atoms with van der Waals surface area (Å²) in [6, 6.07) is 0. The zero-order valence-electron chi connectivity index (χ0n) is 27.0. The summed E-state index contributed by atoms with van der Waals surface area (Å²) in [5, 5.41) is 10.9. The molecule has 5 aliphatic rings. The van der Waals surface area contributed by atoms with Crippen molar-refractivity contribution in [1.29, 1.82) is 0 Å². The Kier molecular flexibility index (Phi) is 7.74. The molecule has 42 heavy (non-hydrogen) atoms. The highest BCUT2D eigenvalue weighted by Crippen LogP contribution is 2.75. The molecule has 1 unspecified atom stereocenters. The molecule has 8 heteroatoms. The first kappa shape index (κ1) is 31.5. The molecule has 8 nitrogen and oxygen atoms in total. The van der Waals surface area contributed by atoms with E-state index in [0.29, 0.717) is 32.0 Å². The van der Waals surface area contributed by atoms with Crippen molar-refractivity contribution in [3.63, 3.8) is 0 Å². The maximum atomic E-state index is 13.3. The number of rotatable bonds is 6. The lowest BCUT2D eigenvalue weighted by Gasteiger charge is -2.71. The monoisotopic (exact) mass is 587 g/mol. The first-order valence-corrected chi connectivity index (χ1v) is 16.1. The van der Waals surface area contributed by atoms with Crippen LogP contribution in [-0.4, -0.2) is 55.0 Å². The standard InChI is InChI=1S/C34H53NO7/c1-19(2)20(3)30(5)13-14-32(7)22-9-10-25-31(6)17-40-18-34(25,23(22)11-12-33(32,8)27(30)29(38)39)15-24(41-21(4)36)28(31)42-26(37)16-35/h11,19-20,22,24-25,27-28H,9-10,12-18,35H2,1-8H3,(H,38,39)/t20?,22-,24+,25-,27+,28-,30+,31+,32+,33-,34+/m0/s1. The molecule has 0 aromatic carbocycles. The van der Waals surface area contributed by atoms with Gasteiger partial charge in [0, 0.05) is 17.8 Å². The predicted molar refractivity (Wildman–Crippen MR) is 158 cm³/mol. The number of hydrogen-bond donors (Lipinski definition) is 2. The molecule has 4 fully saturated rings. The smallest absolute Gasteiger partial charge is 0.320 e. The number of carboxylic acid groups (broad SMARTS) is 1. The molecule has 5 rings (SSSR count). The third-order valence-electron chi connectivity index (χ3n) is 13.8. The summed E-state index contributed by atoms with van der Waals surface area (Å²) >= 11 is 0. The largest absolute Gasteiger partial charge is 0.481 e. The Morgan fingerprint density at radius 1 is 1.05 bits per heavy atom. The Balaban J connectivity index is 1.61. The molecule has 0 aromatic rings. The van der Waals surface area contributed by atoms with Crippen LogP contribution < -0.4 is 5.73 Å². The number of esters is 2. The Bertz CT molecular complexity index is 1170. The van der Waals surface area contributed by atoms with E-state index < -0.39 is 46.9 Å². The molecule has 1 saturated heterocycles. The average Bonchev–Trinajstić information content (AvgIpc) is 2.90. The SMILES string of the molecule is CC(=O)O[C@@H]1C[C@]23COC[C@](C)([C@@H]2CC[C@H]2C3=CC[C@@]3(C)[C@H](C(=O)O)[C@@](C)(C(C)C(C)C)CC[C@]23C)[C@H]1OC(=O)CN. The zero-order valence-corrected chi connectivity index (χ0v) is 27.0. The maximum absolute atomic E-state index is 13.3. The number of carboxylic acids is 1. The van der Waals surface area contributed by atoms with Gasteiger partial charge in [-0.15, -0.1) is 0 Å². The van der Waals surface area contributed by atoms with Crippen LogP contribution in [0.25, 0.3) is 0 Å². The van der Waals surface area contributed by atoms with Crippen LogP contribution in [0.1, 0.15) is 93.9 Å². The highest BCUT2D eigenvalue weighted by Gasteiger charge is 2.72. The minimum atomic E-state index is -0.673. The molecule has 0 amide bonds. The van der Waals surface area contributed by atoms with Crippen molar-refractivity contribution in [2.75, 3.05) is 19.8 Å². The molecule has 0 spiro atoms. The van der Waals surface area contributed by atoms with E-state index >= 15 is 0 Å². The summed E-state index contributed by atoms with van der Waals surface area (Å²) in [6.07, 6.45) is 6.10. The van der Waals surface area contributed by atoms with E-state index in [1.807, 2.05) is 0 Å². The summed E-state index contributed by atoms with van der Waals surface area (Å²) in [5.74, 6) is -0.968. The molecule has 0 aromatic heterocycles. The van der Waals surface area contributed by atoms with Gasteiger partial charge in [-0.2, -0.15) is 0 Å². The van der Waals surface area contributed by atoms with Gasteiger partial charge < -0.3 is 25.1 Å². The first-order chi connectivity index (χ1) is 19.5. The average molecular weight is 588 g/mol. The van der Waals surface area contributed by atoms with E-state index in [0.717, 1.165) is 25.7 Å². The van der Waals surface area contributed by atoms with Crippen molar-refractivity contribution >= 4 is 17.9 Å². The van der Waals surface area contributed by atoms with Crippen molar-refractivity contribution < 1.29 is 33.7 Å². The topological polar surface area (TPSA) is 125 Å². The fraction of sp³-hybridized carbons (Fsp3) is 0.853. The second-order valence-corrected chi connectivity index (χ2v) is 15.8. The van der Waals surface area contributed by atoms with Crippen LogP contribution in [0.5, 0.6) is 0 Å². The predicted octanol–water partition coefficient (Wildman–Crippen LogP) is 5.38. The van der Waals surface area contributed by atoms with Gasteiger partial charge in [-0.3, -0.25) is 14.4 Å². The van der Waals surface area contributed by atoms with Gasteiger partial charge in [-0.1, -0.05) is 60.1 Å². The number of nitrogens with two attached hydrogens (primary N) is 1. The number of allylic oxidation sites excluding steroid dienone is 1. The normalized spacial score (nSPS) is 46.8. The number of ether oxygens (including phenoxy) is 3. The van der Waals surface area contributed by atoms with Crippen LogP contribution in [0.2, 0.25) is 0 Å². The number of carbonyl (C=O) groups excluding carboxylic acids is 2. The quantitative estimate of drug-likeness (QED) is 0.314. The fourth-order valence-electron chi connectivity index (χ4n) is 11.3. The molecule has 3 N–H and O–H groups in total. The van der Waals surface area contributed by atoms with Crippen molar-refractivity contribution in [2.24, 2.45) is 62.4 Å². The van der Waals surface area contributed by atoms with Gasteiger partial charge in [0.05, 0.1) is 25.7 Å². The second kappa shape index (κ2) is 10.3. The summed E-state index contributed by atoms with van der Waals surface area (Å²) in [4.78, 5) is 38.1. The molecule has 1 heterocycles. The van der Waals surface area contributed by atoms with Crippen LogP contribution in [0, 0.1) is 56.7 Å². The molecular formula is C34H53NO7. The molecule has 2 bridgehead atoms. The Morgan fingerprint density at radius 2 is 1.74 bits per heavy atom. The van der Waals surface area contributed by atoms with Crippen LogP contribution in [0.4, 0.5) is 0 Å². The number of hydrogen-bond acceptors (Lipinski definition) is 7. The van der Waals surface area contributed by atoms with Crippen LogP contribution in [0.3, 0.4) is 0 Å². The van der Waals surface area contributed by atoms with Crippen molar-refractivity contribution in [2.45, 2.75) is 106 Å². The van der Waals surface area contributed by atoms with Gasteiger partial charge in [0.1, 0.15) is 12.2 Å². The Hall–Kier alpha value is -1.93. The minimum absolute atomic E-state index is 0.182. The van der Waals surface area contributed by atoms with Gasteiger partial charge in [0.25, 0.3) is 0 Å². The number of carbonyl (C=O) groups is 3. The van der Waals surface area contributed by atoms with Gasteiger partial charge >= 0.3 is 17.9 Å². The lowest BCUT2D eigenvalue weighted by atomic mass is 9.34. The Labute approximate surface area is 251 Å².